The summed E-state index contributed by atoms with van der Waals surface area (Å²) in [5, 5.41) is 3.69. The molecule has 6 rings (SSSR count). The molecule has 146 valence electrons. The number of carbonyl (C=O) groups excluding carboxylic acids is 1. The molecular formula is C26H20N2O2. The first-order chi connectivity index (χ1) is 14.8. The molecule has 3 aliphatic rings. The minimum absolute atomic E-state index is 0.0391. The van der Waals surface area contributed by atoms with Crippen LogP contribution in [0.15, 0.2) is 84.9 Å². The Morgan fingerprint density at radius 1 is 0.833 bits per heavy atom. The maximum absolute atomic E-state index is 13.4. The molecule has 0 radical (unpaired) electrons. The van der Waals surface area contributed by atoms with Gasteiger partial charge < -0.3 is 10.1 Å². The van der Waals surface area contributed by atoms with Crippen molar-refractivity contribution in [1.82, 2.24) is 4.90 Å². The second-order valence-electron chi connectivity index (χ2n) is 7.78. The zero-order valence-electron chi connectivity index (χ0n) is 16.5. The van der Waals surface area contributed by atoms with Crippen molar-refractivity contribution in [2.24, 2.45) is 0 Å². The van der Waals surface area contributed by atoms with Crippen LogP contribution >= 0.6 is 0 Å². The highest BCUT2D eigenvalue weighted by Crippen LogP contribution is 2.51. The molecule has 3 aromatic carbocycles. The maximum atomic E-state index is 13.4. The van der Waals surface area contributed by atoms with Crippen molar-refractivity contribution in [2.75, 3.05) is 12.4 Å². The summed E-state index contributed by atoms with van der Waals surface area (Å²) in [6.07, 6.45) is 4.27. The molecule has 2 aliphatic heterocycles. The van der Waals surface area contributed by atoms with Gasteiger partial charge in [-0.2, -0.15) is 0 Å². The number of methoxy groups -OCH3 is 1. The highest BCUT2D eigenvalue weighted by atomic mass is 16.5. The Balaban J connectivity index is 1.47. The van der Waals surface area contributed by atoms with Gasteiger partial charge in [-0.3, -0.25) is 9.69 Å². The minimum Gasteiger partial charge on any atom is -0.497 e. The van der Waals surface area contributed by atoms with Gasteiger partial charge in [-0.05, 0) is 53.1 Å². The molecule has 1 N–H and O–H groups in total. The number of fused-ring (bicyclic) bond motifs is 7. The van der Waals surface area contributed by atoms with Gasteiger partial charge in [-0.25, -0.2) is 0 Å². The van der Waals surface area contributed by atoms with Crippen LogP contribution < -0.4 is 10.1 Å². The summed E-state index contributed by atoms with van der Waals surface area (Å²) >= 11 is 0. The smallest absolute Gasteiger partial charge is 0.259 e. The quantitative estimate of drug-likeness (QED) is 0.672. The third kappa shape index (κ3) is 2.31. The van der Waals surface area contributed by atoms with Gasteiger partial charge in [0.25, 0.3) is 5.91 Å². The number of anilines is 1. The zero-order chi connectivity index (χ0) is 20.2. The largest absolute Gasteiger partial charge is 0.497 e. The second kappa shape index (κ2) is 6.36. The first-order valence-corrected chi connectivity index (χ1v) is 10.1. The van der Waals surface area contributed by atoms with Gasteiger partial charge >= 0.3 is 0 Å². The van der Waals surface area contributed by atoms with Crippen molar-refractivity contribution >= 4 is 22.9 Å². The molecule has 1 aliphatic carbocycles. The Kier molecular flexibility index (Phi) is 3.62. The van der Waals surface area contributed by atoms with Gasteiger partial charge in [0.2, 0.25) is 0 Å². The first-order valence-electron chi connectivity index (χ1n) is 10.1. The molecule has 4 heteroatoms. The second-order valence-corrected chi connectivity index (χ2v) is 7.78. The molecular weight excluding hydrogens is 372 g/mol. The van der Waals surface area contributed by atoms with E-state index in [9.17, 15) is 4.79 Å². The summed E-state index contributed by atoms with van der Waals surface area (Å²) in [7, 11) is 1.67. The summed E-state index contributed by atoms with van der Waals surface area (Å²) in [6, 6.07) is 24.1. The number of nitrogens with zero attached hydrogens (tertiary/aromatic N) is 1. The number of ether oxygens (including phenoxy) is 1. The third-order valence-electron chi connectivity index (χ3n) is 6.26. The molecule has 0 fully saturated rings. The number of nitrogens with one attached hydrogen (secondary N) is 1. The third-order valence-corrected chi connectivity index (χ3v) is 6.26. The molecule has 0 aromatic heterocycles. The Morgan fingerprint density at radius 2 is 1.53 bits per heavy atom. The van der Waals surface area contributed by atoms with Crippen molar-refractivity contribution in [3.05, 3.63) is 107 Å². The summed E-state index contributed by atoms with van der Waals surface area (Å²) in [4.78, 5) is 15.4. The number of rotatable bonds is 3. The Hall–Kier alpha value is -3.79. The number of hydrogen-bond donors (Lipinski definition) is 1. The van der Waals surface area contributed by atoms with Gasteiger partial charge in [-0.1, -0.05) is 48.5 Å². The van der Waals surface area contributed by atoms with Crippen molar-refractivity contribution in [3.8, 4) is 5.75 Å². The zero-order valence-corrected chi connectivity index (χ0v) is 16.5. The van der Waals surface area contributed by atoms with Crippen LogP contribution in [-0.4, -0.2) is 24.0 Å². The SMILES string of the molecule is COc1ccc(N[C@@H]2c3ccccc3C3=CC=C4c5ccccc5C(=O)N4[C@H]32)cc1. The summed E-state index contributed by atoms with van der Waals surface area (Å²) in [6.45, 7) is 0. The Morgan fingerprint density at radius 3 is 2.30 bits per heavy atom. The van der Waals surface area contributed by atoms with E-state index < -0.39 is 0 Å². The van der Waals surface area contributed by atoms with Gasteiger partial charge in [0.05, 0.1) is 24.9 Å². The molecule has 4 nitrogen and oxygen atoms in total. The molecule has 1 amide bonds. The van der Waals surface area contributed by atoms with Gasteiger partial charge in [0, 0.05) is 16.8 Å². The van der Waals surface area contributed by atoms with Gasteiger partial charge in [-0.15, -0.1) is 0 Å². The lowest BCUT2D eigenvalue weighted by atomic mass is 9.98. The monoisotopic (exact) mass is 392 g/mol. The van der Waals surface area contributed by atoms with Crippen LogP contribution in [0.5, 0.6) is 5.75 Å². The maximum Gasteiger partial charge on any atom is 0.259 e. The van der Waals surface area contributed by atoms with E-state index in [1.807, 2.05) is 53.4 Å². The average molecular weight is 392 g/mol. The Bertz CT molecular complexity index is 1240. The summed E-state index contributed by atoms with van der Waals surface area (Å²) in [5.74, 6) is 0.891. The number of allylic oxidation sites excluding steroid dienone is 2. The van der Waals surface area contributed by atoms with Gasteiger partial charge in [0.1, 0.15) is 5.75 Å². The van der Waals surface area contributed by atoms with Crippen LogP contribution in [0, 0.1) is 0 Å². The van der Waals surface area contributed by atoms with Crippen LogP contribution in [0.3, 0.4) is 0 Å². The minimum atomic E-state index is -0.0931. The summed E-state index contributed by atoms with van der Waals surface area (Å²) in [5.41, 5.74) is 7.36. The predicted octanol–water partition coefficient (Wildman–Crippen LogP) is 5.12. The van der Waals surface area contributed by atoms with Crippen molar-refractivity contribution < 1.29 is 9.53 Å². The van der Waals surface area contributed by atoms with Crippen LogP contribution in [0.25, 0.3) is 11.3 Å². The van der Waals surface area contributed by atoms with E-state index in [2.05, 4.69) is 41.7 Å². The van der Waals surface area contributed by atoms with Crippen LogP contribution in [0.2, 0.25) is 0 Å². The van der Waals surface area contributed by atoms with E-state index >= 15 is 0 Å². The fraction of sp³-hybridized carbons (Fsp3) is 0.115. The van der Waals surface area contributed by atoms with Crippen molar-refractivity contribution in [1.29, 1.82) is 0 Å². The number of hydrogen-bond acceptors (Lipinski definition) is 3. The topological polar surface area (TPSA) is 41.6 Å². The van der Waals surface area contributed by atoms with Crippen molar-refractivity contribution in [3.63, 3.8) is 0 Å². The highest BCUT2D eigenvalue weighted by Gasteiger charge is 2.48. The molecule has 0 bridgehead atoms. The van der Waals surface area contributed by atoms with E-state index in [-0.39, 0.29) is 18.0 Å². The standard InChI is InChI=1S/C26H20N2O2/c1-30-17-12-10-16(11-13-17)27-24-20-8-4-2-6-18(20)21-14-15-23-19-7-3-5-9-22(19)26(29)28(23)25(21)24/h2-15,24-25,27H,1H3/t24-,25-/m1/s1. The molecule has 2 atom stereocenters. The normalized spacial score (nSPS) is 20.6. The number of benzene rings is 3. The van der Waals surface area contributed by atoms with E-state index in [4.69, 9.17) is 4.74 Å². The van der Waals surface area contributed by atoms with Crippen LogP contribution in [0.1, 0.15) is 33.1 Å². The molecule has 0 saturated heterocycles. The lowest BCUT2D eigenvalue weighted by molar-refractivity contribution is 0.0821. The number of carbonyl (C=O) groups is 1. The van der Waals surface area contributed by atoms with Crippen LogP contribution in [0.4, 0.5) is 5.69 Å². The molecule has 0 unspecified atom stereocenters. The molecule has 0 spiro atoms. The summed E-state index contributed by atoms with van der Waals surface area (Å²) < 4.78 is 5.29. The molecule has 3 aromatic rings. The van der Waals surface area contributed by atoms with E-state index in [0.717, 1.165) is 28.3 Å². The highest BCUT2D eigenvalue weighted by molar-refractivity contribution is 6.12. The predicted molar refractivity (Wildman–Crippen MR) is 118 cm³/mol. The fourth-order valence-corrected chi connectivity index (χ4v) is 4.92. The van der Waals surface area contributed by atoms with E-state index in [1.54, 1.807) is 7.11 Å². The van der Waals surface area contributed by atoms with E-state index in [0.29, 0.717) is 0 Å². The van der Waals surface area contributed by atoms with E-state index in [1.165, 1.54) is 16.7 Å². The first kappa shape index (κ1) is 17.1. The average Bonchev–Trinajstić information content (AvgIpc) is 3.27. The van der Waals surface area contributed by atoms with Crippen LogP contribution in [-0.2, 0) is 0 Å². The van der Waals surface area contributed by atoms with Gasteiger partial charge in [0.15, 0.2) is 0 Å². The molecule has 2 heterocycles. The fourth-order valence-electron chi connectivity index (χ4n) is 4.92. The molecule has 0 saturated carbocycles. The van der Waals surface area contributed by atoms with Crippen molar-refractivity contribution in [2.45, 2.75) is 12.1 Å². The lowest BCUT2D eigenvalue weighted by Crippen LogP contribution is -2.40. The molecule has 30 heavy (non-hydrogen) atoms. The lowest BCUT2D eigenvalue weighted by Gasteiger charge is -2.34. The Labute approximate surface area is 175 Å². The number of amides is 1.